The van der Waals surface area contributed by atoms with Crippen molar-refractivity contribution in [3.05, 3.63) is 0 Å². The van der Waals surface area contributed by atoms with E-state index >= 15 is 0 Å². The average Bonchev–Trinajstić information content (AvgIpc) is 2.73. The van der Waals surface area contributed by atoms with Crippen molar-refractivity contribution in [1.82, 2.24) is 10.2 Å². The molecule has 0 atom stereocenters. The summed E-state index contributed by atoms with van der Waals surface area (Å²) in [5, 5.41) is 11.2. The lowest BCUT2D eigenvalue weighted by molar-refractivity contribution is -0.136. The van der Waals surface area contributed by atoms with Gasteiger partial charge in [0.25, 0.3) is 0 Å². The molecule has 0 radical (unpaired) electrons. The molecule has 0 bridgehead atoms. The molecular formula is C13H22N2O3. The molecule has 2 N–H and O–H groups in total. The predicted octanol–water partition coefficient (Wildman–Crippen LogP) is 1.83. The van der Waals surface area contributed by atoms with Crippen LogP contribution in [0.4, 0.5) is 4.79 Å². The van der Waals surface area contributed by atoms with Crippen LogP contribution in [0.2, 0.25) is 0 Å². The van der Waals surface area contributed by atoms with Crippen molar-refractivity contribution in [1.29, 1.82) is 0 Å². The van der Waals surface area contributed by atoms with Gasteiger partial charge in [0.05, 0.1) is 6.42 Å². The van der Waals surface area contributed by atoms with Gasteiger partial charge in [-0.05, 0) is 24.7 Å². The molecule has 1 saturated carbocycles. The Balaban J connectivity index is 1.77. The zero-order valence-corrected chi connectivity index (χ0v) is 10.8. The fraction of sp³-hybridized carbons (Fsp3) is 0.846. The number of likely N-dealkylation sites (tertiary alicyclic amines) is 1. The van der Waals surface area contributed by atoms with Gasteiger partial charge in [-0.15, -0.1) is 0 Å². The third-order valence-electron chi connectivity index (χ3n) is 4.25. The average molecular weight is 254 g/mol. The van der Waals surface area contributed by atoms with Crippen LogP contribution >= 0.6 is 0 Å². The topological polar surface area (TPSA) is 69.6 Å². The van der Waals surface area contributed by atoms with E-state index in [0.717, 1.165) is 19.5 Å². The molecule has 2 fully saturated rings. The summed E-state index contributed by atoms with van der Waals surface area (Å²) in [5.41, 5.74) is 0.363. The molecular weight excluding hydrogens is 232 g/mol. The first-order chi connectivity index (χ1) is 8.61. The molecule has 1 aliphatic heterocycles. The summed E-state index contributed by atoms with van der Waals surface area (Å²) >= 11 is 0. The Bertz CT molecular complexity index is 324. The van der Waals surface area contributed by atoms with Gasteiger partial charge in [-0.25, -0.2) is 4.79 Å². The number of carboxylic acid groups (broad SMARTS) is 1. The summed E-state index contributed by atoms with van der Waals surface area (Å²) in [6, 6.07) is -0.0984. The van der Waals surface area contributed by atoms with Crippen molar-refractivity contribution in [3.63, 3.8) is 0 Å². The minimum Gasteiger partial charge on any atom is -0.481 e. The standard InChI is InChI=1S/C13H22N2O3/c16-11(17)4-8-14-12(18)15-9-7-13(10-15)5-2-1-3-6-13/h1-10H2,(H,14,18)(H,16,17). The number of urea groups is 1. The maximum atomic E-state index is 11.9. The van der Waals surface area contributed by atoms with Crippen LogP contribution in [0.5, 0.6) is 0 Å². The zero-order chi connectivity index (χ0) is 13.0. The van der Waals surface area contributed by atoms with Gasteiger partial charge in [0, 0.05) is 19.6 Å². The fourth-order valence-electron chi connectivity index (χ4n) is 3.21. The zero-order valence-electron chi connectivity index (χ0n) is 10.8. The van der Waals surface area contributed by atoms with E-state index in [9.17, 15) is 9.59 Å². The van der Waals surface area contributed by atoms with Crippen molar-refractivity contribution in [3.8, 4) is 0 Å². The molecule has 1 saturated heterocycles. The van der Waals surface area contributed by atoms with Crippen LogP contribution in [0.25, 0.3) is 0 Å². The third kappa shape index (κ3) is 3.15. The van der Waals surface area contributed by atoms with E-state index in [0.29, 0.717) is 5.41 Å². The van der Waals surface area contributed by atoms with Gasteiger partial charge in [-0.3, -0.25) is 4.79 Å². The normalized spacial score (nSPS) is 22.1. The molecule has 18 heavy (non-hydrogen) atoms. The summed E-state index contributed by atoms with van der Waals surface area (Å²) in [6.45, 7) is 1.89. The van der Waals surface area contributed by atoms with Gasteiger partial charge in [0.15, 0.2) is 0 Å². The summed E-state index contributed by atoms with van der Waals surface area (Å²) in [6.07, 6.45) is 7.48. The van der Waals surface area contributed by atoms with Gasteiger partial charge in [0.1, 0.15) is 0 Å². The van der Waals surface area contributed by atoms with Crippen molar-refractivity contribution in [2.24, 2.45) is 5.41 Å². The SMILES string of the molecule is O=C(O)CCNC(=O)N1CCC2(CCCCC2)C1. The van der Waals surface area contributed by atoms with Gasteiger partial charge in [-0.2, -0.15) is 0 Å². The number of nitrogens with zero attached hydrogens (tertiary/aromatic N) is 1. The number of aliphatic carboxylic acids is 1. The highest BCUT2D eigenvalue weighted by Gasteiger charge is 2.40. The first-order valence-electron chi connectivity index (χ1n) is 6.86. The van der Waals surface area contributed by atoms with E-state index in [1.807, 2.05) is 4.90 Å². The van der Waals surface area contributed by atoms with Gasteiger partial charge in [0.2, 0.25) is 0 Å². The molecule has 2 aliphatic rings. The number of hydrogen-bond donors (Lipinski definition) is 2. The maximum absolute atomic E-state index is 11.9. The molecule has 5 nitrogen and oxygen atoms in total. The van der Waals surface area contributed by atoms with Crippen molar-refractivity contribution >= 4 is 12.0 Å². The number of amides is 2. The first kappa shape index (κ1) is 13.2. The van der Waals surface area contributed by atoms with Gasteiger partial charge in [-0.1, -0.05) is 19.3 Å². The Morgan fingerprint density at radius 3 is 2.56 bits per heavy atom. The Hall–Kier alpha value is -1.26. The van der Waals surface area contributed by atoms with E-state index in [4.69, 9.17) is 5.11 Å². The molecule has 0 aromatic rings. The summed E-state index contributed by atoms with van der Waals surface area (Å²) in [5.74, 6) is -0.875. The lowest BCUT2D eigenvalue weighted by Gasteiger charge is -2.33. The van der Waals surface area contributed by atoms with E-state index < -0.39 is 5.97 Å². The molecule has 102 valence electrons. The predicted molar refractivity (Wildman–Crippen MR) is 67.4 cm³/mol. The lowest BCUT2D eigenvalue weighted by atomic mass is 9.73. The van der Waals surface area contributed by atoms with E-state index in [-0.39, 0.29) is 19.0 Å². The molecule has 0 aromatic heterocycles. The number of rotatable bonds is 3. The van der Waals surface area contributed by atoms with E-state index in [2.05, 4.69) is 5.32 Å². The molecule has 2 rings (SSSR count). The number of nitrogens with one attached hydrogen (secondary N) is 1. The second-order valence-corrected chi connectivity index (χ2v) is 5.61. The van der Waals surface area contributed by atoms with Crippen molar-refractivity contribution < 1.29 is 14.7 Å². The minimum absolute atomic E-state index is 0.00920. The number of carboxylic acids is 1. The molecule has 2 amide bonds. The Labute approximate surface area is 108 Å². The van der Waals surface area contributed by atoms with Crippen molar-refractivity contribution in [2.75, 3.05) is 19.6 Å². The van der Waals surface area contributed by atoms with Crippen molar-refractivity contribution in [2.45, 2.75) is 44.9 Å². The largest absolute Gasteiger partial charge is 0.481 e. The van der Waals surface area contributed by atoms with Crippen LogP contribution in [-0.4, -0.2) is 41.6 Å². The van der Waals surface area contributed by atoms with E-state index in [1.165, 1.54) is 32.1 Å². The number of hydrogen-bond acceptors (Lipinski definition) is 2. The Kier molecular flexibility index (Phi) is 4.09. The summed E-state index contributed by atoms with van der Waals surface area (Å²) in [4.78, 5) is 24.1. The van der Waals surface area contributed by atoms with Crippen LogP contribution in [0.15, 0.2) is 0 Å². The molecule has 1 spiro atoms. The van der Waals surface area contributed by atoms with Crippen LogP contribution in [0, 0.1) is 5.41 Å². The Morgan fingerprint density at radius 1 is 1.17 bits per heavy atom. The maximum Gasteiger partial charge on any atom is 0.317 e. The second kappa shape index (κ2) is 5.59. The second-order valence-electron chi connectivity index (χ2n) is 5.61. The van der Waals surface area contributed by atoms with Crippen LogP contribution in [0.3, 0.4) is 0 Å². The van der Waals surface area contributed by atoms with Gasteiger partial charge >= 0.3 is 12.0 Å². The molecule has 0 aromatic carbocycles. The van der Waals surface area contributed by atoms with Crippen LogP contribution in [-0.2, 0) is 4.79 Å². The number of carbonyl (C=O) groups excluding carboxylic acids is 1. The number of carbonyl (C=O) groups is 2. The summed E-state index contributed by atoms with van der Waals surface area (Å²) < 4.78 is 0. The molecule has 1 aliphatic carbocycles. The van der Waals surface area contributed by atoms with Gasteiger partial charge < -0.3 is 15.3 Å². The smallest absolute Gasteiger partial charge is 0.317 e. The highest BCUT2D eigenvalue weighted by Crippen LogP contribution is 2.43. The molecule has 5 heteroatoms. The molecule has 0 unspecified atom stereocenters. The highest BCUT2D eigenvalue weighted by molar-refractivity contribution is 5.75. The molecule has 1 heterocycles. The summed E-state index contributed by atoms with van der Waals surface area (Å²) in [7, 11) is 0. The van der Waals surface area contributed by atoms with E-state index in [1.54, 1.807) is 0 Å². The quantitative estimate of drug-likeness (QED) is 0.807. The first-order valence-corrected chi connectivity index (χ1v) is 6.86. The Morgan fingerprint density at radius 2 is 1.89 bits per heavy atom. The monoisotopic (exact) mass is 254 g/mol. The highest BCUT2D eigenvalue weighted by atomic mass is 16.4. The van der Waals surface area contributed by atoms with Crippen LogP contribution in [0.1, 0.15) is 44.9 Å². The minimum atomic E-state index is -0.875. The van der Waals surface area contributed by atoms with Crippen LogP contribution < -0.4 is 5.32 Å². The fourth-order valence-corrected chi connectivity index (χ4v) is 3.21. The third-order valence-corrected chi connectivity index (χ3v) is 4.25. The lowest BCUT2D eigenvalue weighted by Crippen LogP contribution is -2.40.